The van der Waals surface area contributed by atoms with E-state index in [9.17, 15) is 9.59 Å². The molecule has 23 heavy (non-hydrogen) atoms. The molecular weight excluding hydrogens is 310 g/mol. The number of allylic oxidation sites excluding steroid dienone is 3. The van der Waals surface area contributed by atoms with E-state index in [4.69, 9.17) is 4.74 Å². The van der Waals surface area contributed by atoms with Gasteiger partial charge in [-0.25, -0.2) is 0 Å². The zero-order valence-corrected chi connectivity index (χ0v) is 15.7. The van der Waals surface area contributed by atoms with Gasteiger partial charge in [-0.1, -0.05) is 24.8 Å². The number of Topliss-reactive ketones (excluding diaryl/α,β-unsaturated/α-hetero) is 1. The predicted molar refractivity (Wildman–Crippen MR) is 98.7 cm³/mol. The fourth-order valence-electron chi connectivity index (χ4n) is 1.87. The van der Waals surface area contributed by atoms with E-state index >= 15 is 0 Å². The first kappa shape index (κ1) is 21.7. The van der Waals surface area contributed by atoms with Crippen LogP contribution in [0, 0.1) is 0 Å². The number of carbonyl (C=O) groups excluding carboxylic acids is 2. The maximum absolute atomic E-state index is 12.4. The number of amides is 1. The number of ketones is 1. The van der Waals surface area contributed by atoms with Crippen molar-refractivity contribution in [2.45, 2.75) is 45.8 Å². The lowest BCUT2D eigenvalue weighted by Crippen LogP contribution is -2.40. The molecule has 0 rings (SSSR count). The van der Waals surface area contributed by atoms with Crippen molar-refractivity contribution in [2.24, 2.45) is 0 Å². The molecule has 0 saturated carbocycles. The molecule has 0 aromatic heterocycles. The second-order valence-electron chi connectivity index (χ2n) is 5.38. The number of ether oxygens (including phenoxy) is 1. The van der Waals surface area contributed by atoms with Gasteiger partial charge >= 0.3 is 0 Å². The minimum absolute atomic E-state index is 0.00888. The second-order valence-corrected chi connectivity index (χ2v) is 6.36. The molecule has 0 bridgehead atoms. The first-order chi connectivity index (χ1) is 10.9. The summed E-state index contributed by atoms with van der Waals surface area (Å²) in [4.78, 5) is 24.1. The molecule has 0 heterocycles. The molecule has 0 fully saturated rings. The zero-order chi connectivity index (χ0) is 17.8. The molecule has 0 saturated heterocycles. The van der Waals surface area contributed by atoms with Gasteiger partial charge in [0.25, 0.3) is 0 Å². The fraction of sp³-hybridized carbons (Fsp3) is 0.556. The summed E-state index contributed by atoms with van der Waals surface area (Å²) < 4.78 is 5.25. The average molecular weight is 340 g/mol. The van der Waals surface area contributed by atoms with Crippen LogP contribution in [-0.4, -0.2) is 43.0 Å². The van der Waals surface area contributed by atoms with Crippen LogP contribution in [0.4, 0.5) is 0 Å². The molecule has 4 nitrogen and oxygen atoms in total. The Hall–Kier alpha value is -1.33. The number of nitrogens with one attached hydrogen (secondary N) is 1. The van der Waals surface area contributed by atoms with Crippen LogP contribution in [0.3, 0.4) is 0 Å². The summed E-state index contributed by atoms with van der Waals surface area (Å²) in [6.45, 7) is 9.08. The van der Waals surface area contributed by atoms with E-state index in [1.807, 2.05) is 26.2 Å². The van der Waals surface area contributed by atoms with E-state index in [1.54, 1.807) is 31.0 Å². The van der Waals surface area contributed by atoms with Gasteiger partial charge in [0.15, 0.2) is 5.78 Å². The lowest BCUT2D eigenvalue weighted by atomic mass is 10.1. The SMILES string of the molecule is C=C/C=C(\C/C=C(/C)C(C)OC)C(=O)NC(CCSC)C(C)=O. The highest BCUT2D eigenvalue weighted by atomic mass is 32.2. The standard InChI is InChI=1S/C18H29NO3S/c1-7-8-16(10-9-13(2)15(4)22-5)18(21)19-17(14(3)20)11-12-23-6/h7-9,15,17H,1,10-12H2,2-6H3,(H,19,21)/b13-9-,16-8+. The summed E-state index contributed by atoms with van der Waals surface area (Å²) in [5.41, 5.74) is 1.64. The number of thioether (sulfide) groups is 1. The Balaban J connectivity index is 4.95. The van der Waals surface area contributed by atoms with Gasteiger partial charge in [-0.15, -0.1) is 0 Å². The van der Waals surface area contributed by atoms with Crippen molar-refractivity contribution < 1.29 is 14.3 Å². The maximum Gasteiger partial charge on any atom is 0.248 e. The third-order valence-corrected chi connectivity index (χ3v) is 4.30. The monoisotopic (exact) mass is 339 g/mol. The number of carbonyl (C=O) groups is 2. The van der Waals surface area contributed by atoms with Crippen LogP contribution in [-0.2, 0) is 14.3 Å². The molecule has 0 aliphatic carbocycles. The first-order valence-electron chi connectivity index (χ1n) is 7.68. The first-order valence-corrected chi connectivity index (χ1v) is 9.08. The van der Waals surface area contributed by atoms with Crippen molar-refractivity contribution in [3.8, 4) is 0 Å². The highest BCUT2D eigenvalue weighted by Crippen LogP contribution is 2.11. The van der Waals surface area contributed by atoms with E-state index in [2.05, 4.69) is 11.9 Å². The third kappa shape index (κ3) is 8.77. The predicted octanol–water partition coefficient (Wildman–Crippen LogP) is 3.30. The molecule has 130 valence electrons. The van der Waals surface area contributed by atoms with Gasteiger partial charge in [0.1, 0.15) is 0 Å². The van der Waals surface area contributed by atoms with Crippen LogP contribution >= 0.6 is 11.8 Å². The van der Waals surface area contributed by atoms with Crippen molar-refractivity contribution in [2.75, 3.05) is 19.1 Å². The van der Waals surface area contributed by atoms with Gasteiger partial charge in [-0.2, -0.15) is 11.8 Å². The van der Waals surface area contributed by atoms with Gasteiger partial charge in [0.2, 0.25) is 5.91 Å². The lowest BCUT2D eigenvalue weighted by molar-refractivity contribution is -0.124. The van der Waals surface area contributed by atoms with E-state index in [1.165, 1.54) is 6.92 Å². The molecule has 1 N–H and O–H groups in total. The van der Waals surface area contributed by atoms with Crippen LogP contribution in [0.2, 0.25) is 0 Å². The Morgan fingerprint density at radius 3 is 2.48 bits per heavy atom. The van der Waals surface area contributed by atoms with Crippen LogP contribution in [0.15, 0.2) is 36.0 Å². The molecule has 2 unspecified atom stereocenters. The minimum Gasteiger partial charge on any atom is -0.377 e. The minimum atomic E-state index is -0.439. The Bertz CT molecular complexity index is 469. The summed E-state index contributed by atoms with van der Waals surface area (Å²) in [5, 5.41) is 2.82. The Morgan fingerprint density at radius 1 is 1.35 bits per heavy atom. The highest BCUT2D eigenvalue weighted by molar-refractivity contribution is 7.98. The molecule has 0 aliphatic rings. The van der Waals surface area contributed by atoms with Gasteiger partial charge < -0.3 is 10.1 Å². The summed E-state index contributed by atoms with van der Waals surface area (Å²) in [7, 11) is 1.65. The molecule has 0 aliphatic heterocycles. The van der Waals surface area contributed by atoms with Crippen LogP contribution < -0.4 is 5.32 Å². The van der Waals surface area contributed by atoms with E-state index in [-0.39, 0.29) is 17.8 Å². The number of hydrogen-bond acceptors (Lipinski definition) is 4. The lowest BCUT2D eigenvalue weighted by Gasteiger charge is -2.17. The molecule has 0 spiro atoms. The van der Waals surface area contributed by atoms with Crippen molar-refractivity contribution in [1.29, 1.82) is 0 Å². The average Bonchev–Trinajstić information content (AvgIpc) is 2.53. The van der Waals surface area contributed by atoms with Crippen LogP contribution in [0.25, 0.3) is 0 Å². The van der Waals surface area contributed by atoms with Crippen LogP contribution in [0.5, 0.6) is 0 Å². The van der Waals surface area contributed by atoms with E-state index in [0.717, 1.165) is 11.3 Å². The highest BCUT2D eigenvalue weighted by Gasteiger charge is 2.18. The second kappa shape index (κ2) is 12.1. The molecule has 0 radical (unpaired) electrons. The summed E-state index contributed by atoms with van der Waals surface area (Å²) in [6, 6.07) is -0.439. The van der Waals surface area contributed by atoms with Gasteiger partial charge in [-0.3, -0.25) is 9.59 Å². The zero-order valence-electron chi connectivity index (χ0n) is 14.8. The Morgan fingerprint density at radius 2 is 2.00 bits per heavy atom. The third-order valence-electron chi connectivity index (χ3n) is 3.66. The summed E-state index contributed by atoms with van der Waals surface area (Å²) in [5.74, 6) is 0.584. The van der Waals surface area contributed by atoms with E-state index in [0.29, 0.717) is 18.4 Å². The number of methoxy groups -OCH3 is 1. The summed E-state index contributed by atoms with van der Waals surface area (Å²) >= 11 is 1.66. The van der Waals surface area contributed by atoms with Crippen LogP contribution in [0.1, 0.15) is 33.6 Å². The largest absolute Gasteiger partial charge is 0.377 e. The molecule has 0 aromatic rings. The Kier molecular flexibility index (Phi) is 11.4. The summed E-state index contributed by atoms with van der Waals surface area (Å²) in [6.07, 6.45) is 8.34. The Labute approximate surface area is 144 Å². The molecule has 1 amide bonds. The van der Waals surface area contributed by atoms with Crippen molar-refractivity contribution in [3.63, 3.8) is 0 Å². The smallest absolute Gasteiger partial charge is 0.248 e. The topological polar surface area (TPSA) is 55.4 Å². The quantitative estimate of drug-likeness (QED) is 0.356. The number of rotatable bonds is 11. The normalized spacial score (nSPS) is 15.0. The molecule has 5 heteroatoms. The van der Waals surface area contributed by atoms with E-state index < -0.39 is 6.04 Å². The van der Waals surface area contributed by atoms with Crippen molar-refractivity contribution >= 4 is 23.5 Å². The maximum atomic E-state index is 12.4. The molecule has 2 atom stereocenters. The van der Waals surface area contributed by atoms with Gasteiger partial charge in [-0.05, 0) is 51.2 Å². The van der Waals surface area contributed by atoms with Gasteiger partial charge in [0, 0.05) is 12.7 Å². The number of hydrogen-bond donors (Lipinski definition) is 1. The molecule has 0 aromatic carbocycles. The van der Waals surface area contributed by atoms with Gasteiger partial charge in [0.05, 0.1) is 12.1 Å². The van der Waals surface area contributed by atoms with Crippen molar-refractivity contribution in [3.05, 3.63) is 36.0 Å². The molecular formula is C18H29NO3S. The fourth-order valence-corrected chi connectivity index (χ4v) is 2.34. The van der Waals surface area contributed by atoms with Crippen molar-refractivity contribution in [1.82, 2.24) is 5.32 Å².